The van der Waals surface area contributed by atoms with Gasteiger partial charge in [0.15, 0.2) is 5.96 Å². The number of nitrogens with zero attached hydrogens (tertiary/aromatic N) is 4. The molecule has 2 aromatic rings. The standard InChI is InChI=1S/C20H26F3N5O2/c1-24-19(28-8-6-27(7-9-28)13-18-5-10-30-26-18)25-12-16-3-2-4-17(11-16)14-29-15-20(21,22)23/h2-5,10-11H,6-9,12-15H2,1H3,(H,24,25). The van der Waals surface area contributed by atoms with Crippen molar-refractivity contribution in [3.8, 4) is 0 Å². The maximum absolute atomic E-state index is 12.2. The van der Waals surface area contributed by atoms with Crippen molar-refractivity contribution < 1.29 is 22.4 Å². The summed E-state index contributed by atoms with van der Waals surface area (Å²) in [5, 5.41) is 7.28. The lowest BCUT2D eigenvalue weighted by atomic mass is 10.1. The third-order valence-corrected chi connectivity index (χ3v) is 4.74. The van der Waals surface area contributed by atoms with Gasteiger partial charge in [0.1, 0.15) is 12.9 Å². The van der Waals surface area contributed by atoms with Crippen LogP contribution >= 0.6 is 0 Å². The maximum atomic E-state index is 12.2. The molecule has 0 spiro atoms. The predicted octanol–water partition coefficient (Wildman–Crippen LogP) is 2.65. The molecule has 1 saturated heterocycles. The minimum Gasteiger partial charge on any atom is -0.367 e. The SMILES string of the molecule is CN=C(NCc1cccc(COCC(F)(F)F)c1)N1CCN(Cc2ccon2)CC1. The minimum atomic E-state index is -4.31. The Kier molecular flexibility index (Phi) is 7.69. The van der Waals surface area contributed by atoms with Crippen molar-refractivity contribution in [3.05, 3.63) is 53.4 Å². The van der Waals surface area contributed by atoms with Gasteiger partial charge in [-0.05, 0) is 11.1 Å². The summed E-state index contributed by atoms with van der Waals surface area (Å²) in [5.41, 5.74) is 2.58. The van der Waals surface area contributed by atoms with Gasteiger partial charge in [-0.1, -0.05) is 29.4 Å². The van der Waals surface area contributed by atoms with E-state index < -0.39 is 12.8 Å². The first-order valence-corrected chi connectivity index (χ1v) is 9.72. The lowest BCUT2D eigenvalue weighted by molar-refractivity contribution is -0.176. The van der Waals surface area contributed by atoms with Gasteiger partial charge in [0.2, 0.25) is 0 Å². The highest BCUT2D eigenvalue weighted by Gasteiger charge is 2.27. The third kappa shape index (κ3) is 7.03. The molecule has 1 aromatic heterocycles. The number of hydrogen-bond acceptors (Lipinski definition) is 5. The molecule has 1 N–H and O–H groups in total. The van der Waals surface area contributed by atoms with E-state index in [0.717, 1.165) is 49.9 Å². The summed E-state index contributed by atoms with van der Waals surface area (Å²) < 4.78 is 46.3. The first kappa shape index (κ1) is 22.1. The highest BCUT2D eigenvalue weighted by atomic mass is 19.4. The van der Waals surface area contributed by atoms with E-state index in [0.29, 0.717) is 12.1 Å². The van der Waals surface area contributed by atoms with Crippen LogP contribution in [0, 0.1) is 0 Å². The van der Waals surface area contributed by atoms with E-state index in [4.69, 9.17) is 9.26 Å². The number of nitrogens with one attached hydrogen (secondary N) is 1. The van der Waals surface area contributed by atoms with Crippen LogP contribution in [0.2, 0.25) is 0 Å². The maximum Gasteiger partial charge on any atom is 0.411 e. The molecule has 7 nitrogen and oxygen atoms in total. The summed E-state index contributed by atoms with van der Waals surface area (Å²) in [6.07, 6.45) is -2.74. The minimum absolute atomic E-state index is 0.0739. The molecule has 0 unspecified atom stereocenters. The largest absolute Gasteiger partial charge is 0.411 e. The Morgan fingerprint density at radius 2 is 1.97 bits per heavy atom. The van der Waals surface area contributed by atoms with Gasteiger partial charge in [0, 0.05) is 52.4 Å². The van der Waals surface area contributed by atoms with Crippen molar-refractivity contribution in [3.63, 3.8) is 0 Å². The van der Waals surface area contributed by atoms with E-state index in [-0.39, 0.29) is 6.61 Å². The van der Waals surface area contributed by atoms with Crippen LogP contribution in [-0.4, -0.2) is 66.9 Å². The van der Waals surface area contributed by atoms with Crippen molar-refractivity contribution in [2.75, 3.05) is 39.8 Å². The number of alkyl halides is 3. The van der Waals surface area contributed by atoms with Crippen LogP contribution < -0.4 is 5.32 Å². The summed E-state index contributed by atoms with van der Waals surface area (Å²) in [6.45, 7) is 3.42. The molecule has 0 bridgehead atoms. The van der Waals surface area contributed by atoms with Gasteiger partial charge in [0.05, 0.1) is 12.3 Å². The summed E-state index contributed by atoms with van der Waals surface area (Å²) in [5.74, 6) is 0.801. The lowest BCUT2D eigenvalue weighted by Crippen LogP contribution is -2.52. The Labute approximate surface area is 173 Å². The van der Waals surface area contributed by atoms with Gasteiger partial charge in [0.25, 0.3) is 0 Å². The molecule has 0 amide bonds. The Morgan fingerprint density at radius 3 is 2.63 bits per heavy atom. The molecule has 0 radical (unpaired) electrons. The average Bonchev–Trinajstić information content (AvgIpc) is 3.22. The number of guanidine groups is 1. The topological polar surface area (TPSA) is 66.1 Å². The van der Waals surface area contributed by atoms with E-state index in [2.05, 4.69) is 25.3 Å². The van der Waals surface area contributed by atoms with Crippen LogP contribution in [0.1, 0.15) is 16.8 Å². The number of aromatic nitrogens is 1. The Hall–Kier alpha value is -2.59. The van der Waals surface area contributed by atoms with E-state index in [1.807, 2.05) is 24.3 Å². The molecule has 3 rings (SSSR count). The van der Waals surface area contributed by atoms with E-state index in [1.165, 1.54) is 0 Å². The van der Waals surface area contributed by atoms with Gasteiger partial charge < -0.3 is 19.5 Å². The monoisotopic (exact) mass is 425 g/mol. The smallest absolute Gasteiger partial charge is 0.367 e. The molecule has 10 heteroatoms. The third-order valence-electron chi connectivity index (χ3n) is 4.74. The molecule has 0 atom stereocenters. The van der Waals surface area contributed by atoms with Crippen LogP contribution in [0.4, 0.5) is 13.2 Å². The normalized spacial score (nSPS) is 16.1. The van der Waals surface area contributed by atoms with Crippen molar-refractivity contribution >= 4 is 5.96 Å². The molecule has 30 heavy (non-hydrogen) atoms. The molecule has 1 fully saturated rings. The molecule has 1 aromatic carbocycles. The van der Waals surface area contributed by atoms with Crippen LogP contribution in [-0.2, 0) is 24.4 Å². The highest BCUT2D eigenvalue weighted by molar-refractivity contribution is 5.80. The first-order chi connectivity index (χ1) is 14.4. The number of aliphatic imine (C=N–C) groups is 1. The number of piperazine rings is 1. The fraction of sp³-hybridized carbons (Fsp3) is 0.500. The Morgan fingerprint density at radius 1 is 1.20 bits per heavy atom. The van der Waals surface area contributed by atoms with Gasteiger partial charge in [-0.2, -0.15) is 13.2 Å². The quantitative estimate of drug-likeness (QED) is 0.544. The van der Waals surface area contributed by atoms with Gasteiger partial charge in [-0.15, -0.1) is 0 Å². The van der Waals surface area contributed by atoms with Crippen molar-refractivity contribution in [2.24, 2.45) is 4.99 Å². The van der Waals surface area contributed by atoms with Gasteiger partial charge in [-0.25, -0.2) is 0 Å². The van der Waals surface area contributed by atoms with Crippen molar-refractivity contribution in [1.29, 1.82) is 0 Å². The number of rotatable bonds is 7. The second kappa shape index (κ2) is 10.4. The summed E-state index contributed by atoms with van der Waals surface area (Å²) in [7, 11) is 1.74. The summed E-state index contributed by atoms with van der Waals surface area (Å²) >= 11 is 0. The summed E-state index contributed by atoms with van der Waals surface area (Å²) in [4.78, 5) is 8.86. The molecule has 164 valence electrons. The zero-order valence-corrected chi connectivity index (χ0v) is 16.9. The molecule has 0 aliphatic carbocycles. The molecular formula is C20H26F3N5O2. The Bertz CT molecular complexity index is 803. The van der Waals surface area contributed by atoms with E-state index in [9.17, 15) is 13.2 Å². The van der Waals surface area contributed by atoms with Crippen molar-refractivity contribution in [1.82, 2.24) is 20.3 Å². The number of benzene rings is 1. The Balaban J connectivity index is 1.45. The van der Waals surface area contributed by atoms with Gasteiger partial charge >= 0.3 is 6.18 Å². The van der Waals surface area contributed by atoms with Crippen molar-refractivity contribution in [2.45, 2.75) is 25.9 Å². The second-order valence-electron chi connectivity index (χ2n) is 7.08. The average molecular weight is 425 g/mol. The first-order valence-electron chi connectivity index (χ1n) is 9.72. The van der Waals surface area contributed by atoms with Gasteiger partial charge in [-0.3, -0.25) is 9.89 Å². The number of hydrogen-bond donors (Lipinski definition) is 1. The fourth-order valence-electron chi connectivity index (χ4n) is 3.29. The predicted molar refractivity (Wildman–Crippen MR) is 106 cm³/mol. The molecule has 1 aliphatic heterocycles. The fourth-order valence-corrected chi connectivity index (χ4v) is 3.29. The number of halogens is 3. The zero-order valence-electron chi connectivity index (χ0n) is 16.9. The lowest BCUT2D eigenvalue weighted by Gasteiger charge is -2.36. The number of ether oxygens (including phenoxy) is 1. The molecular weight excluding hydrogens is 399 g/mol. The molecule has 0 saturated carbocycles. The summed E-state index contributed by atoms with van der Waals surface area (Å²) in [6, 6.07) is 9.20. The molecule has 2 heterocycles. The highest BCUT2D eigenvalue weighted by Crippen LogP contribution is 2.16. The van der Waals surface area contributed by atoms with E-state index in [1.54, 1.807) is 19.4 Å². The molecule has 1 aliphatic rings. The van der Waals surface area contributed by atoms with Crippen LogP contribution in [0.25, 0.3) is 0 Å². The van der Waals surface area contributed by atoms with E-state index >= 15 is 0 Å². The zero-order chi connectivity index (χ0) is 21.4. The van der Waals surface area contributed by atoms with Crippen LogP contribution in [0.5, 0.6) is 0 Å². The van der Waals surface area contributed by atoms with Crippen LogP contribution in [0.15, 0.2) is 46.1 Å². The second-order valence-corrected chi connectivity index (χ2v) is 7.08. The van der Waals surface area contributed by atoms with Crippen LogP contribution in [0.3, 0.4) is 0 Å².